The summed E-state index contributed by atoms with van der Waals surface area (Å²) in [6, 6.07) is 17.4. The molecule has 4 rings (SSSR count). The topological polar surface area (TPSA) is 82.3 Å². The molecule has 1 amide bonds. The first-order chi connectivity index (χ1) is 14.6. The minimum Gasteiger partial charge on any atom is -0.494 e. The van der Waals surface area contributed by atoms with Gasteiger partial charge in [0.2, 0.25) is 5.91 Å². The number of ether oxygens (including phenoxy) is 1. The number of fused-ring (bicyclic) bond motifs is 1. The molecular weight excluding hydrogens is 402 g/mol. The summed E-state index contributed by atoms with van der Waals surface area (Å²) in [5.41, 5.74) is 0.556. The van der Waals surface area contributed by atoms with Gasteiger partial charge in [-0.25, -0.2) is 9.36 Å². The second-order valence-electron chi connectivity index (χ2n) is 6.49. The van der Waals surface area contributed by atoms with Gasteiger partial charge in [-0.05, 0) is 54.8 Å². The molecule has 0 spiro atoms. The number of amides is 1. The van der Waals surface area contributed by atoms with E-state index in [9.17, 15) is 14.4 Å². The Morgan fingerprint density at radius 1 is 1.03 bits per heavy atom. The molecule has 0 saturated carbocycles. The number of thiophene rings is 1. The van der Waals surface area contributed by atoms with Crippen LogP contribution in [0.4, 0.5) is 5.69 Å². The Labute approximate surface area is 175 Å². The van der Waals surface area contributed by atoms with Crippen molar-refractivity contribution < 1.29 is 9.53 Å². The zero-order chi connectivity index (χ0) is 21.1. The van der Waals surface area contributed by atoms with Gasteiger partial charge >= 0.3 is 5.69 Å². The molecule has 30 heavy (non-hydrogen) atoms. The van der Waals surface area contributed by atoms with Gasteiger partial charge in [0, 0.05) is 5.69 Å². The Morgan fingerprint density at radius 2 is 1.77 bits per heavy atom. The molecule has 2 heterocycles. The quantitative estimate of drug-likeness (QED) is 0.518. The van der Waals surface area contributed by atoms with Gasteiger partial charge in [0.25, 0.3) is 5.56 Å². The fourth-order valence-corrected chi connectivity index (χ4v) is 4.01. The van der Waals surface area contributed by atoms with Crippen molar-refractivity contribution in [1.82, 2.24) is 9.13 Å². The number of benzene rings is 2. The van der Waals surface area contributed by atoms with E-state index in [0.717, 1.165) is 4.57 Å². The van der Waals surface area contributed by atoms with Crippen molar-refractivity contribution in [2.45, 2.75) is 13.5 Å². The average Bonchev–Trinajstić information content (AvgIpc) is 3.24. The van der Waals surface area contributed by atoms with E-state index in [0.29, 0.717) is 33.9 Å². The Kier molecular flexibility index (Phi) is 5.49. The lowest BCUT2D eigenvalue weighted by Crippen LogP contribution is -2.40. The molecule has 0 fully saturated rings. The Balaban J connectivity index is 1.69. The van der Waals surface area contributed by atoms with Crippen LogP contribution in [0.3, 0.4) is 0 Å². The van der Waals surface area contributed by atoms with Gasteiger partial charge in [-0.15, -0.1) is 11.3 Å². The summed E-state index contributed by atoms with van der Waals surface area (Å²) in [5.74, 6) is 0.341. The number of aromatic nitrogens is 2. The van der Waals surface area contributed by atoms with Gasteiger partial charge in [0.15, 0.2) is 0 Å². The molecule has 0 unspecified atom stereocenters. The summed E-state index contributed by atoms with van der Waals surface area (Å²) in [6.07, 6.45) is 0. The number of hydrogen-bond donors (Lipinski definition) is 1. The molecule has 0 aliphatic carbocycles. The molecule has 0 aliphatic rings. The third-order valence-corrected chi connectivity index (χ3v) is 5.41. The third kappa shape index (κ3) is 3.77. The molecule has 0 atom stereocenters. The lowest BCUT2D eigenvalue weighted by Gasteiger charge is -2.12. The molecule has 0 radical (unpaired) electrons. The van der Waals surface area contributed by atoms with Gasteiger partial charge in [-0.2, -0.15) is 0 Å². The highest BCUT2D eigenvalue weighted by Crippen LogP contribution is 2.18. The largest absolute Gasteiger partial charge is 0.494 e. The summed E-state index contributed by atoms with van der Waals surface area (Å²) < 4.78 is 8.24. The molecule has 0 saturated heterocycles. The van der Waals surface area contributed by atoms with Crippen LogP contribution < -0.4 is 21.3 Å². The molecule has 0 aliphatic heterocycles. The summed E-state index contributed by atoms with van der Waals surface area (Å²) in [7, 11) is 0. The summed E-state index contributed by atoms with van der Waals surface area (Å²) in [5, 5.41) is 4.52. The zero-order valence-corrected chi connectivity index (χ0v) is 17.0. The molecule has 1 N–H and O–H groups in total. The minimum absolute atomic E-state index is 0.216. The number of nitrogens with one attached hydrogen (secondary N) is 1. The fourth-order valence-electron chi connectivity index (χ4n) is 3.19. The van der Waals surface area contributed by atoms with Gasteiger partial charge in [-0.1, -0.05) is 18.2 Å². The monoisotopic (exact) mass is 421 g/mol. The number of rotatable bonds is 6. The number of hydrogen-bond acceptors (Lipinski definition) is 5. The summed E-state index contributed by atoms with van der Waals surface area (Å²) >= 11 is 1.24. The number of carbonyl (C=O) groups excluding carboxylic acids is 1. The van der Waals surface area contributed by atoms with Crippen molar-refractivity contribution in [1.29, 1.82) is 0 Å². The van der Waals surface area contributed by atoms with Gasteiger partial charge in [0.05, 0.1) is 17.8 Å². The predicted molar refractivity (Wildman–Crippen MR) is 118 cm³/mol. The second kappa shape index (κ2) is 8.38. The molecule has 0 bridgehead atoms. The normalized spacial score (nSPS) is 10.8. The van der Waals surface area contributed by atoms with E-state index in [1.165, 1.54) is 15.9 Å². The van der Waals surface area contributed by atoms with Crippen molar-refractivity contribution in [3.8, 4) is 11.4 Å². The maximum absolute atomic E-state index is 13.1. The molecular formula is C22H19N3O4S. The van der Waals surface area contributed by atoms with Crippen LogP contribution in [0.15, 0.2) is 75.6 Å². The Bertz CT molecular complexity index is 1300. The lowest BCUT2D eigenvalue weighted by atomic mass is 10.3. The standard InChI is InChI=1S/C22H19N3O4S/c1-2-29-17-10-8-15(9-11-17)23-19(26)14-24-18-12-13-30-20(18)21(27)25(22(24)28)16-6-4-3-5-7-16/h3-13H,2,14H2,1H3,(H,23,26). The highest BCUT2D eigenvalue weighted by molar-refractivity contribution is 7.17. The fraction of sp³-hybridized carbons (Fsp3) is 0.136. The SMILES string of the molecule is CCOc1ccc(NC(=O)Cn2c(=O)n(-c3ccccc3)c(=O)c3sccc32)cc1. The summed E-state index contributed by atoms with van der Waals surface area (Å²) in [4.78, 5) is 38.7. The highest BCUT2D eigenvalue weighted by atomic mass is 32.1. The number of carbonyl (C=O) groups is 1. The maximum atomic E-state index is 13.1. The maximum Gasteiger partial charge on any atom is 0.336 e. The van der Waals surface area contributed by atoms with Crippen molar-refractivity contribution in [2.24, 2.45) is 0 Å². The van der Waals surface area contributed by atoms with E-state index in [-0.39, 0.29) is 18.0 Å². The zero-order valence-electron chi connectivity index (χ0n) is 16.2. The summed E-state index contributed by atoms with van der Waals surface area (Å²) in [6.45, 7) is 2.24. The first-order valence-electron chi connectivity index (χ1n) is 9.39. The average molecular weight is 421 g/mol. The molecule has 2 aromatic heterocycles. The van der Waals surface area contributed by atoms with E-state index in [4.69, 9.17) is 4.74 Å². The first-order valence-corrected chi connectivity index (χ1v) is 10.3. The number of nitrogens with zero attached hydrogens (tertiary/aromatic N) is 2. The van der Waals surface area contributed by atoms with E-state index >= 15 is 0 Å². The van der Waals surface area contributed by atoms with Gasteiger partial charge in [0.1, 0.15) is 17.0 Å². The lowest BCUT2D eigenvalue weighted by molar-refractivity contribution is -0.116. The molecule has 4 aromatic rings. The molecule has 8 heteroatoms. The minimum atomic E-state index is -0.557. The van der Waals surface area contributed by atoms with Gasteiger partial charge < -0.3 is 10.1 Å². The van der Waals surface area contributed by atoms with Crippen LogP contribution >= 0.6 is 11.3 Å². The molecule has 2 aromatic carbocycles. The van der Waals surface area contributed by atoms with Crippen LogP contribution in [0.1, 0.15) is 6.92 Å². The van der Waals surface area contributed by atoms with Crippen LogP contribution in [0, 0.1) is 0 Å². The van der Waals surface area contributed by atoms with Crippen molar-refractivity contribution in [3.05, 3.63) is 86.9 Å². The Morgan fingerprint density at radius 3 is 2.47 bits per heavy atom. The van der Waals surface area contributed by atoms with Crippen LogP contribution in [0.5, 0.6) is 5.75 Å². The van der Waals surface area contributed by atoms with Crippen LogP contribution in [0.2, 0.25) is 0 Å². The van der Waals surface area contributed by atoms with E-state index < -0.39 is 5.69 Å². The predicted octanol–water partition coefficient (Wildman–Crippen LogP) is 3.25. The van der Waals surface area contributed by atoms with Gasteiger partial charge in [-0.3, -0.25) is 14.2 Å². The molecule has 7 nitrogen and oxygen atoms in total. The van der Waals surface area contributed by atoms with Crippen molar-refractivity contribution in [2.75, 3.05) is 11.9 Å². The van der Waals surface area contributed by atoms with Crippen LogP contribution in [-0.4, -0.2) is 21.6 Å². The van der Waals surface area contributed by atoms with Crippen LogP contribution in [0.25, 0.3) is 15.9 Å². The molecule has 152 valence electrons. The van der Waals surface area contributed by atoms with Crippen molar-refractivity contribution >= 4 is 33.1 Å². The smallest absolute Gasteiger partial charge is 0.336 e. The third-order valence-electron chi connectivity index (χ3n) is 4.52. The number of anilines is 1. The van der Waals surface area contributed by atoms with E-state index in [1.807, 2.05) is 6.92 Å². The first kappa shape index (κ1) is 19.7. The Hall–Kier alpha value is -3.65. The highest BCUT2D eigenvalue weighted by Gasteiger charge is 2.17. The van der Waals surface area contributed by atoms with Crippen LogP contribution in [-0.2, 0) is 11.3 Å². The number of para-hydroxylation sites is 1. The van der Waals surface area contributed by atoms with E-state index in [2.05, 4.69) is 5.32 Å². The van der Waals surface area contributed by atoms with E-state index in [1.54, 1.807) is 66.0 Å². The second-order valence-corrected chi connectivity index (χ2v) is 7.40. The van der Waals surface area contributed by atoms with Crippen molar-refractivity contribution in [3.63, 3.8) is 0 Å².